The van der Waals surface area contributed by atoms with Gasteiger partial charge in [0.15, 0.2) is 17.5 Å². The molecule has 0 saturated carbocycles. The fourth-order valence-electron chi connectivity index (χ4n) is 3.15. The second-order valence-corrected chi connectivity index (χ2v) is 6.88. The maximum atomic E-state index is 14.4. The van der Waals surface area contributed by atoms with Gasteiger partial charge in [-0.25, -0.2) is 17.6 Å². The molecule has 1 heterocycles. The minimum Gasteiger partial charge on any atom is -0.373 e. The second-order valence-electron chi connectivity index (χ2n) is 6.88. The Bertz CT molecular complexity index is 1140. The molecule has 0 N–H and O–H groups in total. The van der Waals surface area contributed by atoms with Crippen molar-refractivity contribution in [1.29, 1.82) is 0 Å². The first-order chi connectivity index (χ1) is 13.9. The zero-order chi connectivity index (χ0) is 20.5. The summed E-state index contributed by atoms with van der Waals surface area (Å²) < 4.78 is 66.2. The third kappa shape index (κ3) is 3.98. The first kappa shape index (κ1) is 19.4. The van der Waals surface area contributed by atoms with Crippen LogP contribution in [0.4, 0.5) is 17.6 Å². The van der Waals surface area contributed by atoms with Crippen LogP contribution in [-0.4, -0.2) is 19.3 Å². The van der Waals surface area contributed by atoms with Crippen molar-refractivity contribution in [2.75, 3.05) is 13.2 Å². The van der Waals surface area contributed by atoms with E-state index in [1.807, 2.05) is 6.92 Å². The largest absolute Gasteiger partial charge is 0.373 e. The van der Waals surface area contributed by atoms with E-state index in [1.165, 1.54) is 24.3 Å². The van der Waals surface area contributed by atoms with Gasteiger partial charge in [-0.1, -0.05) is 24.0 Å². The van der Waals surface area contributed by atoms with Crippen LogP contribution in [0.2, 0.25) is 0 Å². The molecular formula is C23H16F4O2. The zero-order valence-corrected chi connectivity index (χ0v) is 15.4. The quantitative estimate of drug-likeness (QED) is 0.315. The predicted octanol–water partition coefficient (Wildman–Crippen LogP) is 5.27. The Morgan fingerprint density at radius 1 is 0.828 bits per heavy atom. The van der Waals surface area contributed by atoms with E-state index in [-0.39, 0.29) is 28.5 Å². The van der Waals surface area contributed by atoms with Gasteiger partial charge in [-0.15, -0.1) is 0 Å². The molecule has 4 rings (SSSR count). The molecule has 1 aliphatic rings. The highest BCUT2D eigenvalue weighted by atomic mass is 19.2. The molecule has 6 heteroatoms. The lowest BCUT2D eigenvalue weighted by Crippen LogP contribution is -2.28. The summed E-state index contributed by atoms with van der Waals surface area (Å²) in [5.74, 6) is 0.946. The van der Waals surface area contributed by atoms with Gasteiger partial charge in [-0.3, -0.25) is 0 Å². The lowest BCUT2D eigenvalue weighted by molar-refractivity contribution is -0.128. The van der Waals surface area contributed by atoms with Gasteiger partial charge in [0.2, 0.25) is 0 Å². The molecule has 1 fully saturated rings. The Balaban J connectivity index is 1.59. The van der Waals surface area contributed by atoms with E-state index >= 15 is 0 Å². The number of fused-ring (bicyclic) bond motifs is 1. The van der Waals surface area contributed by atoms with Crippen molar-refractivity contribution in [3.8, 4) is 11.8 Å². The lowest BCUT2D eigenvalue weighted by Gasteiger charge is -2.27. The summed E-state index contributed by atoms with van der Waals surface area (Å²) in [4.78, 5) is 0. The zero-order valence-electron chi connectivity index (χ0n) is 15.4. The number of halogens is 4. The van der Waals surface area contributed by atoms with Crippen LogP contribution in [0.25, 0.3) is 10.8 Å². The first-order valence-electron chi connectivity index (χ1n) is 9.04. The number of ether oxygens (including phenoxy) is 2. The third-order valence-electron chi connectivity index (χ3n) is 4.74. The maximum Gasteiger partial charge on any atom is 0.195 e. The summed E-state index contributed by atoms with van der Waals surface area (Å²) in [7, 11) is 0. The fourth-order valence-corrected chi connectivity index (χ4v) is 3.15. The molecule has 148 valence electrons. The van der Waals surface area contributed by atoms with Gasteiger partial charge in [0.1, 0.15) is 11.9 Å². The molecular weight excluding hydrogens is 384 g/mol. The van der Waals surface area contributed by atoms with Gasteiger partial charge in [-0.2, -0.15) is 0 Å². The normalized spacial score (nSPS) is 19.1. The van der Waals surface area contributed by atoms with Crippen LogP contribution in [-0.2, 0) is 9.47 Å². The molecule has 0 spiro atoms. The lowest BCUT2D eigenvalue weighted by atomic mass is 10.0. The Labute approximate surface area is 165 Å². The number of benzene rings is 3. The van der Waals surface area contributed by atoms with Gasteiger partial charge >= 0.3 is 0 Å². The van der Waals surface area contributed by atoms with Gasteiger partial charge in [0.05, 0.1) is 24.9 Å². The molecule has 0 bridgehead atoms. The second kappa shape index (κ2) is 7.86. The van der Waals surface area contributed by atoms with Gasteiger partial charge in [0.25, 0.3) is 0 Å². The average molecular weight is 400 g/mol. The minimum absolute atomic E-state index is 0.0154. The third-order valence-corrected chi connectivity index (χ3v) is 4.74. The van der Waals surface area contributed by atoms with E-state index in [0.29, 0.717) is 24.3 Å². The monoisotopic (exact) mass is 400 g/mol. The molecule has 0 aromatic heterocycles. The summed E-state index contributed by atoms with van der Waals surface area (Å²) >= 11 is 0. The molecule has 3 aromatic rings. The summed E-state index contributed by atoms with van der Waals surface area (Å²) in [6.07, 6.45) is -0.310. The van der Waals surface area contributed by atoms with E-state index in [9.17, 15) is 17.6 Å². The fraction of sp³-hybridized carbons (Fsp3) is 0.217. The van der Waals surface area contributed by atoms with Gasteiger partial charge in [-0.05, 0) is 48.2 Å². The minimum atomic E-state index is -1.51. The van der Waals surface area contributed by atoms with E-state index in [4.69, 9.17) is 9.47 Å². The summed E-state index contributed by atoms with van der Waals surface area (Å²) in [6.45, 7) is 2.71. The molecule has 0 radical (unpaired) electrons. The molecule has 0 amide bonds. The van der Waals surface area contributed by atoms with E-state index in [1.54, 1.807) is 12.1 Å². The Morgan fingerprint density at radius 2 is 1.66 bits per heavy atom. The maximum absolute atomic E-state index is 14.4. The summed E-state index contributed by atoms with van der Waals surface area (Å²) in [6, 6.07) is 9.76. The first-order valence-corrected chi connectivity index (χ1v) is 9.04. The molecule has 2 nitrogen and oxygen atoms in total. The van der Waals surface area contributed by atoms with Crippen LogP contribution < -0.4 is 0 Å². The highest BCUT2D eigenvalue weighted by molar-refractivity contribution is 5.84. The Kier molecular flexibility index (Phi) is 5.27. The van der Waals surface area contributed by atoms with Crippen molar-refractivity contribution in [2.45, 2.75) is 19.1 Å². The van der Waals surface area contributed by atoms with E-state index in [0.717, 1.165) is 6.07 Å². The molecule has 0 aliphatic carbocycles. The van der Waals surface area contributed by atoms with Crippen molar-refractivity contribution < 1.29 is 27.0 Å². The van der Waals surface area contributed by atoms with Crippen molar-refractivity contribution in [3.05, 3.63) is 82.4 Å². The Morgan fingerprint density at radius 3 is 2.38 bits per heavy atom. The van der Waals surface area contributed by atoms with Gasteiger partial charge in [0, 0.05) is 10.9 Å². The Hall–Kier alpha value is -2.88. The number of hydrogen-bond donors (Lipinski definition) is 0. The van der Waals surface area contributed by atoms with Crippen LogP contribution in [0.1, 0.15) is 29.7 Å². The van der Waals surface area contributed by atoms with Crippen molar-refractivity contribution in [1.82, 2.24) is 0 Å². The molecule has 1 aliphatic heterocycles. The van der Waals surface area contributed by atoms with Crippen LogP contribution in [0.15, 0.2) is 42.5 Å². The molecule has 2 atom stereocenters. The summed E-state index contributed by atoms with van der Waals surface area (Å²) in [5.41, 5.74) is 1.26. The summed E-state index contributed by atoms with van der Waals surface area (Å²) in [5, 5.41) is 0.127. The smallest absolute Gasteiger partial charge is 0.195 e. The molecule has 1 saturated heterocycles. The SMILES string of the molecule is C[C@@H]1CO[C@@H](c2ccc(C#Cc3ccc4c(F)c(F)c(F)cc4c3)c(F)c2)CO1. The van der Waals surface area contributed by atoms with Crippen LogP contribution >= 0.6 is 0 Å². The van der Waals surface area contributed by atoms with E-state index in [2.05, 4.69) is 11.8 Å². The average Bonchev–Trinajstić information content (AvgIpc) is 2.71. The van der Waals surface area contributed by atoms with Crippen molar-refractivity contribution >= 4 is 10.8 Å². The van der Waals surface area contributed by atoms with Crippen molar-refractivity contribution in [3.63, 3.8) is 0 Å². The van der Waals surface area contributed by atoms with Crippen molar-refractivity contribution in [2.24, 2.45) is 0 Å². The van der Waals surface area contributed by atoms with Crippen LogP contribution in [0.3, 0.4) is 0 Å². The topological polar surface area (TPSA) is 18.5 Å². The predicted molar refractivity (Wildman–Crippen MR) is 100 cm³/mol. The molecule has 29 heavy (non-hydrogen) atoms. The number of hydrogen-bond acceptors (Lipinski definition) is 2. The van der Waals surface area contributed by atoms with Crippen LogP contribution in [0.5, 0.6) is 0 Å². The highest BCUT2D eigenvalue weighted by Gasteiger charge is 2.21. The molecule has 3 aromatic carbocycles. The molecule has 0 unspecified atom stereocenters. The highest BCUT2D eigenvalue weighted by Crippen LogP contribution is 2.25. The number of rotatable bonds is 1. The van der Waals surface area contributed by atoms with Crippen LogP contribution in [0, 0.1) is 35.1 Å². The van der Waals surface area contributed by atoms with E-state index < -0.39 is 23.3 Å². The standard InChI is InChI=1S/C23H16F4O2/c1-13-11-29-21(12-28-13)16-6-5-15(19(24)9-16)4-2-14-3-7-18-17(8-14)10-20(25)23(27)22(18)26/h3,5-10,13,21H,11-12H2,1H3/t13-,21-/m1/s1. The van der Waals surface area contributed by atoms with Gasteiger partial charge < -0.3 is 9.47 Å².